The van der Waals surface area contributed by atoms with Crippen molar-refractivity contribution in [3.05, 3.63) is 0 Å². The highest BCUT2D eigenvalue weighted by Crippen LogP contribution is 2.00. The Morgan fingerprint density at radius 1 is 1.28 bits per heavy atom. The van der Waals surface area contributed by atoms with E-state index in [0.717, 1.165) is 0 Å². The molecule has 0 aromatic heterocycles. The van der Waals surface area contributed by atoms with Crippen LogP contribution >= 0.6 is 0 Å². The van der Waals surface area contributed by atoms with Crippen LogP contribution < -0.4 is 0 Å². The molecule has 1 atom stereocenters. The van der Waals surface area contributed by atoms with E-state index in [1.807, 2.05) is 19.1 Å². The van der Waals surface area contributed by atoms with Gasteiger partial charge >= 0.3 is 0 Å². The van der Waals surface area contributed by atoms with Crippen molar-refractivity contribution in [2.24, 2.45) is 0 Å². The SMILES string of the molecule is CC(CO)N(C)CC(=O)N(CCC#N)CCC#N. The molecular formula is C12H20N4O2. The largest absolute Gasteiger partial charge is 0.395 e. The highest BCUT2D eigenvalue weighted by molar-refractivity contribution is 5.78. The van der Waals surface area contributed by atoms with E-state index in [-0.39, 0.29) is 37.9 Å². The van der Waals surface area contributed by atoms with Crippen LogP contribution in [0.25, 0.3) is 0 Å². The zero-order valence-electron chi connectivity index (χ0n) is 11.0. The molecule has 1 amide bonds. The molecule has 0 aliphatic heterocycles. The molecule has 6 heteroatoms. The standard InChI is InChI=1S/C12H20N4O2/c1-11(10-17)15(2)9-12(18)16(7-3-5-13)8-4-6-14/h11,17H,3-4,7-10H2,1-2H3. The second-order valence-electron chi connectivity index (χ2n) is 4.14. The number of aliphatic hydroxyl groups excluding tert-OH is 1. The van der Waals surface area contributed by atoms with Crippen molar-refractivity contribution in [2.75, 3.05) is 33.3 Å². The molecule has 18 heavy (non-hydrogen) atoms. The van der Waals surface area contributed by atoms with Crippen molar-refractivity contribution in [3.63, 3.8) is 0 Å². The fourth-order valence-corrected chi connectivity index (χ4v) is 1.34. The van der Waals surface area contributed by atoms with Gasteiger partial charge in [-0.05, 0) is 14.0 Å². The topological polar surface area (TPSA) is 91.4 Å². The number of nitriles is 2. The summed E-state index contributed by atoms with van der Waals surface area (Å²) in [6.07, 6.45) is 0.521. The molecular weight excluding hydrogens is 232 g/mol. The molecule has 0 fully saturated rings. The summed E-state index contributed by atoms with van der Waals surface area (Å²) in [7, 11) is 1.76. The number of carbonyl (C=O) groups is 1. The van der Waals surface area contributed by atoms with Gasteiger partial charge in [-0.15, -0.1) is 0 Å². The first-order valence-corrected chi connectivity index (χ1v) is 5.89. The van der Waals surface area contributed by atoms with Gasteiger partial charge in [-0.3, -0.25) is 9.69 Å². The van der Waals surface area contributed by atoms with Crippen molar-refractivity contribution < 1.29 is 9.90 Å². The van der Waals surface area contributed by atoms with Crippen LogP contribution in [0.3, 0.4) is 0 Å². The monoisotopic (exact) mass is 252 g/mol. The Bertz CT molecular complexity index is 314. The van der Waals surface area contributed by atoms with Gasteiger partial charge in [-0.2, -0.15) is 10.5 Å². The Labute approximate surface area is 108 Å². The van der Waals surface area contributed by atoms with Crippen LogP contribution in [0.4, 0.5) is 0 Å². The second kappa shape index (κ2) is 9.41. The zero-order valence-corrected chi connectivity index (χ0v) is 11.0. The summed E-state index contributed by atoms with van der Waals surface area (Å²) in [4.78, 5) is 15.2. The highest BCUT2D eigenvalue weighted by atomic mass is 16.3. The third kappa shape index (κ3) is 6.19. The zero-order chi connectivity index (χ0) is 14.0. The molecule has 0 aromatic carbocycles. The van der Waals surface area contributed by atoms with Gasteiger partial charge in [0.2, 0.25) is 5.91 Å². The summed E-state index contributed by atoms with van der Waals surface area (Å²) in [5.74, 6) is -0.122. The van der Waals surface area contributed by atoms with E-state index in [9.17, 15) is 4.79 Å². The van der Waals surface area contributed by atoms with Gasteiger partial charge < -0.3 is 10.0 Å². The Kier molecular flexibility index (Phi) is 8.55. The van der Waals surface area contributed by atoms with E-state index in [1.165, 1.54) is 4.90 Å². The number of nitrogens with zero attached hydrogens (tertiary/aromatic N) is 4. The lowest BCUT2D eigenvalue weighted by atomic mass is 10.3. The second-order valence-corrected chi connectivity index (χ2v) is 4.14. The number of carbonyl (C=O) groups excluding carboxylic acids is 1. The summed E-state index contributed by atoms with van der Waals surface area (Å²) in [6.45, 7) is 2.68. The molecule has 0 spiro atoms. The molecule has 1 N–H and O–H groups in total. The van der Waals surface area contributed by atoms with Crippen molar-refractivity contribution in [1.29, 1.82) is 10.5 Å². The lowest BCUT2D eigenvalue weighted by Gasteiger charge is -2.26. The average molecular weight is 252 g/mol. The minimum absolute atomic E-state index is 0.0137. The van der Waals surface area contributed by atoms with E-state index in [1.54, 1.807) is 11.9 Å². The third-order valence-corrected chi connectivity index (χ3v) is 2.74. The molecule has 0 aromatic rings. The van der Waals surface area contributed by atoms with Crippen molar-refractivity contribution in [2.45, 2.75) is 25.8 Å². The van der Waals surface area contributed by atoms with Crippen LogP contribution in [0.15, 0.2) is 0 Å². The Morgan fingerprint density at radius 3 is 2.17 bits per heavy atom. The van der Waals surface area contributed by atoms with Gasteiger partial charge in [0.05, 0.1) is 38.1 Å². The first-order valence-electron chi connectivity index (χ1n) is 5.89. The molecule has 0 saturated heterocycles. The minimum atomic E-state index is -0.122. The summed E-state index contributed by atoms with van der Waals surface area (Å²) in [6, 6.07) is 3.88. The molecule has 0 bridgehead atoms. The third-order valence-electron chi connectivity index (χ3n) is 2.74. The fraction of sp³-hybridized carbons (Fsp3) is 0.750. The fourth-order valence-electron chi connectivity index (χ4n) is 1.34. The van der Waals surface area contributed by atoms with Crippen molar-refractivity contribution in [1.82, 2.24) is 9.80 Å². The van der Waals surface area contributed by atoms with E-state index in [4.69, 9.17) is 15.6 Å². The van der Waals surface area contributed by atoms with Gasteiger partial charge in [0.1, 0.15) is 0 Å². The highest BCUT2D eigenvalue weighted by Gasteiger charge is 2.17. The summed E-state index contributed by atoms with van der Waals surface area (Å²) >= 11 is 0. The number of hydrogen-bond acceptors (Lipinski definition) is 5. The molecule has 6 nitrogen and oxygen atoms in total. The van der Waals surface area contributed by atoms with E-state index >= 15 is 0 Å². The van der Waals surface area contributed by atoms with Gasteiger partial charge in [-0.25, -0.2) is 0 Å². The maximum Gasteiger partial charge on any atom is 0.236 e. The first-order chi connectivity index (χ1) is 8.56. The smallest absolute Gasteiger partial charge is 0.236 e. The van der Waals surface area contributed by atoms with Crippen LogP contribution in [0.2, 0.25) is 0 Å². The maximum atomic E-state index is 12.0. The molecule has 1 unspecified atom stereocenters. The maximum absolute atomic E-state index is 12.0. The number of likely N-dealkylation sites (N-methyl/N-ethyl adjacent to an activating group) is 1. The quantitative estimate of drug-likeness (QED) is 0.654. The molecule has 0 saturated carbocycles. The lowest BCUT2D eigenvalue weighted by Crippen LogP contribution is -2.43. The number of amides is 1. The van der Waals surface area contributed by atoms with Crippen LogP contribution in [-0.2, 0) is 4.79 Å². The van der Waals surface area contributed by atoms with Gasteiger partial charge in [0, 0.05) is 19.1 Å². The molecule has 0 aliphatic carbocycles. The first kappa shape index (κ1) is 16.4. The molecule has 0 heterocycles. The Balaban J connectivity index is 4.36. The summed E-state index contributed by atoms with van der Waals surface area (Å²) in [5, 5.41) is 26.1. The summed E-state index contributed by atoms with van der Waals surface area (Å²) < 4.78 is 0. The average Bonchev–Trinajstić information content (AvgIpc) is 2.37. The van der Waals surface area contributed by atoms with E-state index in [2.05, 4.69) is 0 Å². The van der Waals surface area contributed by atoms with E-state index < -0.39 is 0 Å². The van der Waals surface area contributed by atoms with Gasteiger partial charge in [-0.1, -0.05) is 0 Å². The van der Waals surface area contributed by atoms with Crippen LogP contribution in [0, 0.1) is 22.7 Å². The van der Waals surface area contributed by atoms with Crippen LogP contribution in [0.1, 0.15) is 19.8 Å². The normalized spacial score (nSPS) is 11.7. The lowest BCUT2D eigenvalue weighted by molar-refractivity contribution is -0.132. The Hall–Kier alpha value is -1.63. The molecule has 0 aliphatic rings. The van der Waals surface area contributed by atoms with Gasteiger partial charge in [0.25, 0.3) is 0 Å². The molecule has 0 radical (unpaired) electrons. The number of hydrogen-bond donors (Lipinski definition) is 1. The van der Waals surface area contributed by atoms with Crippen LogP contribution in [0.5, 0.6) is 0 Å². The number of aliphatic hydroxyl groups is 1. The molecule has 0 rings (SSSR count). The van der Waals surface area contributed by atoms with Crippen LogP contribution in [-0.4, -0.2) is 60.1 Å². The van der Waals surface area contributed by atoms with Crippen molar-refractivity contribution in [3.8, 4) is 12.1 Å². The van der Waals surface area contributed by atoms with Gasteiger partial charge in [0.15, 0.2) is 0 Å². The number of rotatable bonds is 8. The van der Waals surface area contributed by atoms with E-state index in [0.29, 0.717) is 13.1 Å². The summed E-state index contributed by atoms with van der Waals surface area (Å²) in [5.41, 5.74) is 0. The predicted octanol–water partition coefficient (Wildman–Crippen LogP) is -0.0450. The predicted molar refractivity (Wildman–Crippen MR) is 66.2 cm³/mol. The molecule has 100 valence electrons. The van der Waals surface area contributed by atoms with Crippen molar-refractivity contribution >= 4 is 5.91 Å². The minimum Gasteiger partial charge on any atom is -0.395 e. The Morgan fingerprint density at radius 2 is 1.78 bits per heavy atom.